The first kappa shape index (κ1) is 12.3. The highest BCUT2D eigenvalue weighted by molar-refractivity contribution is 5.85. The Morgan fingerprint density at radius 1 is 0.900 bits per heavy atom. The van der Waals surface area contributed by atoms with Gasteiger partial charge >= 0.3 is 0 Å². The van der Waals surface area contributed by atoms with E-state index in [4.69, 9.17) is 0 Å². The van der Waals surface area contributed by atoms with Crippen molar-refractivity contribution in [2.75, 3.05) is 10.2 Å². The van der Waals surface area contributed by atoms with Gasteiger partial charge in [0.15, 0.2) is 0 Å². The molecule has 0 radical (unpaired) electrons. The summed E-state index contributed by atoms with van der Waals surface area (Å²) in [6.45, 7) is 7.83. The van der Waals surface area contributed by atoms with Gasteiger partial charge < -0.3 is 10.2 Å². The lowest BCUT2D eigenvalue weighted by atomic mass is 10.1. The highest BCUT2D eigenvalue weighted by Gasteiger charge is 2.22. The molecule has 1 N–H and O–H groups in total. The number of nitrogens with zero attached hydrogens (tertiary/aromatic N) is 1. The van der Waals surface area contributed by atoms with Crippen LogP contribution in [0.1, 0.15) is 1.43 Å². The molecule has 0 bridgehead atoms. The first-order chi connectivity index (χ1) is 9.85. The molecule has 0 atom stereocenters. The van der Waals surface area contributed by atoms with Gasteiger partial charge in [-0.05, 0) is 36.4 Å². The average molecular weight is 262 g/mol. The molecular formula is C18H18N2. The smallest absolute Gasteiger partial charge is 0.0697 e. The maximum absolute atomic E-state index is 3.94. The van der Waals surface area contributed by atoms with Crippen molar-refractivity contribution in [1.82, 2.24) is 0 Å². The summed E-state index contributed by atoms with van der Waals surface area (Å²) >= 11 is 0. The van der Waals surface area contributed by atoms with Gasteiger partial charge in [-0.1, -0.05) is 43.5 Å². The van der Waals surface area contributed by atoms with Crippen molar-refractivity contribution in [2.45, 2.75) is 0 Å². The second-order valence-electron chi connectivity index (χ2n) is 4.52. The molecule has 0 aromatic heterocycles. The summed E-state index contributed by atoms with van der Waals surface area (Å²) in [5.41, 5.74) is 5.25. The summed E-state index contributed by atoms with van der Waals surface area (Å²) in [5, 5.41) is 3.40. The van der Waals surface area contributed by atoms with Gasteiger partial charge in [0.05, 0.1) is 22.8 Å². The second kappa shape index (κ2) is 5.10. The van der Waals surface area contributed by atoms with Crippen molar-refractivity contribution < 1.29 is 1.43 Å². The van der Waals surface area contributed by atoms with Crippen molar-refractivity contribution in [3.05, 3.63) is 91.3 Å². The Morgan fingerprint density at radius 2 is 1.60 bits per heavy atom. The number of nitrogens with one attached hydrogen (secondary N) is 1. The molecule has 2 nitrogen and oxygen atoms in total. The van der Waals surface area contributed by atoms with Gasteiger partial charge in [0.25, 0.3) is 0 Å². The number of allylic oxidation sites excluding steroid dienone is 2. The molecule has 1 heterocycles. The maximum atomic E-state index is 3.94. The van der Waals surface area contributed by atoms with Gasteiger partial charge in [-0.25, -0.2) is 0 Å². The third-order valence-electron chi connectivity index (χ3n) is 3.34. The predicted octanol–water partition coefficient (Wildman–Crippen LogP) is 5.08. The molecule has 20 heavy (non-hydrogen) atoms. The van der Waals surface area contributed by atoms with Crippen molar-refractivity contribution in [3.8, 4) is 0 Å². The molecule has 3 rings (SSSR count). The molecule has 2 heteroatoms. The van der Waals surface area contributed by atoms with Gasteiger partial charge in [0.1, 0.15) is 0 Å². The zero-order valence-electron chi connectivity index (χ0n) is 11.2. The van der Waals surface area contributed by atoms with E-state index < -0.39 is 0 Å². The van der Waals surface area contributed by atoms with Crippen LogP contribution in [0.15, 0.2) is 91.3 Å². The molecule has 1 aliphatic rings. The Labute approximate surface area is 120 Å². The average Bonchev–Trinajstić information content (AvgIpc) is 2.53. The molecule has 0 saturated heterocycles. The van der Waals surface area contributed by atoms with E-state index in [1.165, 1.54) is 0 Å². The van der Waals surface area contributed by atoms with Crippen LogP contribution < -0.4 is 10.2 Å². The summed E-state index contributed by atoms with van der Waals surface area (Å²) in [6.07, 6.45) is 3.68. The summed E-state index contributed by atoms with van der Waals surface area (Å²) in [5.74, 6) is 0. The lowest BCUT2D eigenvalue weighted by Gasteiger charge is -2.34. The van der Waals surface area contributed by atoms with Crippen LogP contribution in [0.2, 0.25) is 0 Å². The van der Waals surface area contributed by atoms with Crippen molar-refractivity contribution in [3.63, 3.8) is 0 Å². The third-order valence-corrected chi connectivity index (χ3v) is 3.34. The van der Waals surface area contributed by atoms with Gasteiger partial charge in [-0.2, -0.15) is 0 Å². The van der Waals surface area contributed by atoms with E-state index in [0.717, 1.165) is 28.5 Å². The first-order valence-corrected chi connectivity index (χ1v) is 6.55. The Kier molecular flexibility index (Phi) is 3.13. The number of hydrogen-bond acceptors (Lipinski definition) is 2. The molecule has 0 fully saturated rings. The van der Waals surface area contributed by atoms with E-state index in [1.807, 2.05) is 42.5 Å². The van der Waals surface area contributed by atoms with E-state index in [0.29, 0.717) is 0 Å². The number of hydrogen-bond donors (Lipinski definition) is 1. The zero-order chi connectivity index (χ0) is 13.9. The van der Waals surface area contributed by atoms with E-state index in [-0.39, 0.29) is 1.43 Å². The fraction of sp³-hybridized carbons (Fsp3) is 0. The number of para-hydroxylation sites is 3. The molecule has 0 amide bonds. The van der Waals surface area contributed by atoms with E-state index in [9.17, 15) is 0 Å². The molecule has 1 aliphatic heterocycles. The molecule has 2 aromatic carbocycles. The van der Waals surface area contributed by atoms with E-state index in [1.54, 1.807) is 0 Å². The van der Waals surface area contributed by atoms with E-state index in [2.05, 4.69) is 47.6 Å². The Hall–Kier alpha value is -2.74. The van der Waals surface area contributed by atoms with Crippen molar-refractivity contribution >= 4 is 17.1 Å². The molecule has 0 aliphatic carbocycles. The number of rotatable bonds is 3. The normalized spacial score (nSPS) is 13.5. The fourth-order valence-electron chi connectivity index (χ4n) is 2.45. The van der Waals surface area contributed by atoms with Crippen LogP contribution in [0.5, 0.6) is 0 Å². The summed E-state index contributed by atoms with van der Waals surface area (Å²) in [7, 11) is 0. The minimum Gasteiger partial charge on any atom is -0.352 e. The quantitative estimate of drug-likeness (QED) is 0.829. The van der Waals surface area contributed by atoms with Gasteiger partial charge in [0, 0.05) is 7.11 Å². The van der Waals surface area contributed by atoms with Crippen LogP contribution in [-0.2, 0) is 0 Å². The lowest BCUT2D eigenvalue weighted by molar-refractivity contribution is 1.15. The number of fused-ring (bicyclic) bond motifs is 1. The molecule has 2 aromatic rings. The SMILES string of the molecule is C=CC1=C(C=C)N(c2ccccc2)c2ccccc2N1.[HH]. The van der Waals surface area contributed by atoms with Crippen LogP contribution in [-0.4, -0.2) is 0 Å². The fourth-order valence-corrected chi connectivity index (χ4v) is 2.45. The van der Waals surface area contributed by atoms with Gasteiger partial charge in [0.2, 0.25) is 0 Å². The van der Waals surface area contributed by atoms with Crippen LogP contribution in [0, 0.1) is 0 Å². The zero-order valence-corrected chi connectivity index (χ0v) is 11.2. The Balaban J connectivity index is 0.00000161. The van der Waals surface area contributed by atoms with Crippen LogP contribution >= 0.6 is 0 Å². The highest BCUT2D eigenvalue weighted by Crippen LogP contribution is 2.40. The van der Waals surface area contributed by atoms with Crippen molar-refractivity contribution in [2.24, 2.45) is 0 Å². The standard InChI is InChI=1S/C18H16N2.H2/c1-3-15-17(4-2)20(14-10-6-5-7-11-14)18-13-9-8-12-16(18)19-15;/h3-13,19H,1-2H2;1H. The largest absolute Gasteiger partial charge is 0.352 e. The topological polar surface area (TPSA) is 15.3 Å². The number of anilines is 3. The summed E-state index contributed by atoms with van der Waals surface area (Å²) in [6, 6.07) is 18.5. The molecular weight excluding hydrogens is 244 g/mol. The van der Waals surface area contributed by atoms with Crippen LogP contribution in [0.25, 0.3) is 0 Å². The summed E-state index contributed by atoms with van der Waals surface area (Å²) < 4.78 is 0. The highest BCUT2D eigenvalue weighted by atomic mass is 15.2. The van der Waals surface area contributed by atoms with Gasteiger partial charge in [-0.15, -0.1) is 0 Å². The molecule has 100 valence electrons. The van der Waals surface area contributed by atoms with Crippen LogP contribution in [0.4, 0.5) is 17.1 Å². The minimum absolute atomic E-state index is 0. The van der Waals surface area contributed by atoms with Crippen LogP contribution in [0.3, 0.4) is 0 Å². The molecule has 0 unspecified atom stereocenters. The maximum Gasteiger partial charge on any atom is 0.0697 e. The van der Waals surface area contributed by atoms with Gasteiger partial charge in [-0.3, -0.25) is 0 Å². The summed E-state index contributed by atoms with van der Waals surface area (Å²) in [4.78, 5) is 2.19. The molecule has 0 spiro atoms. The predicted molar refractivity (Wildman–Crippen MR) is 88.2 cm³/mol. The molecule has 0 saturated carbocycles. The Bertz CT molecular complexity index is 689. The third kappa shape index (κ3) is 1.91. The minimum atomic E-state index is 0. The monoisotopic (exact) mass is 262 g/mol. The van der Waals surface area contributed by atoms with Crippen molar-refractivity contribution in [1.29, 1.82) is 0 Å². The van der Waals surface area contributed by atoms with E-state index >= 15 is 0 Å². The Morgan fingerprint density at radius 3 is 2.30 bits per heavy atom. The first-order valence-electron chi connectivity index (χ1n) is 6.55. The second-order valence-corrected chi connectivity index (χ2v) is 4.52. The number of benzene rings is 2. The lowest BCUT2D eigenvalue weighted by Crippen LogP contribution is -2.24.